The van der Waals surface area contributed by atoms with Crippen LogP contribution in [0, 0.1) is 0 Å². The van der Waals surface area contributed by atoms with E-state index in [2.05, 4.69) is 15.3 Å². The molecule has 13 heavy (non-hydrogen) atoms. The third kappa shape index (κ3) is 2.38. The van der Waals surface area contributed by atoms with Gasteiger partial charge in [-0.25, -0.2) is 0 Å². The lowest BCUT2D eigenvalue weighted by molar-refractivity contribution is 1.07. The summed E-state index contributed by atoms with van der Waals surface area (Å²) in [6.45, 7) is 2.76. The quantitative estimate of drug-likeness (QED) is 0.599. The second kappa shape index (κ2) is 4.53. The number of thioether (sulfide) groups is 1. The van der Waals surface area contributed by atoms with Crippen molar-refractivity contribution in [1.82, 2.24) is 9.97 Å². The van der Waals surface area contributed by atoms with Crippen molar-refractivity contribution in [3.8, 4) is 0 Å². The molecule has 0 aliphatic heterocycles. The molecule has 0 atom stereocenters. The first kappa shape index (κ1) is 10.4. The molecule has 0 saturated carbocycles. The molecule has 1 aromatic rings. The first-order valence-electron chi connectivity index (χ1n) is 3.80. The first-order chi connectivity index (χ1) is 6.19. The number of rotatable bonds is 3. The van der Waals surface area contributed by atoms with Gasteiger partial charge in [0, 0.05) is 6.54 Å². The predicted octanol–water partition coefficient (Wildman–Crippen LogP) is 1.87. The maximum Gasteiger partial charge on any atom is 0.226 e. The van der Waals surface area contributed by atoms with Gasteiger partial charge in [-0.15, -0.1) is 11.8 Å². The van der Waals surface area contributed by atoms with Gasteiger partial charge in [0.15, 0.2) is 0 Å². The Kier molecular flexibility index (Phi) is 3.62. The maximum absolute atomic E-state index is 5.67. The van der Waals surface area contributed by atoms with E-state index in [0.29, 0.717) is 11.6 Å². The van der Waals surface area contributed by atoms with E-state index in [1.165, 1.54) is 11.8 Å². The first-order valence-corrected chi connectivity index (χ1v) is 5.40. The summed E-state index contributed by atoms with van der Waals surface area (Å²) in [7, 11) is 0. The molecule has 0 unspecified atom stereocenters. The fraction of sp³-hybridized carbons (Fsp3) is 0.429. The molecule has 4 nitrogen and oxygen atoms in total. The average Bonchev–Trinajstić information content (AvgIpc) is 2.04. The summed E-state index contributed by atoms with van der Waals surface area (Å²) in [5, 5.41) is 3.24. The lowest BCUT2D eigenvalue weighted by Crippen LogP contribution is -2.05. The molecule has 0 saturated heterocycles. The van der Waals surface area contributed by atoms with Crippen LogP contribution in [0.1, 0.15) is 6.92 Å². The van der Waals surface area contributed by atoms with Crippen molar-refractivity contribution in [3.05, 3.63) is 5.28 Å². The third-order valence-corrected chi connectivity index (χ3v) is 2.39. The van der Waals surface area contributed by atoms with Gasteiger partial charge < -0.3 is 11.1 Å². The molecule has 1 heterocycles. The second-order valence-electron chi connectivity index (χ2n) is 2.29. The van der Waals surface area contributed by atoms with Crippen molar-refractivity contribution in [2.24, 2.45) is 0 Å². The van der Waals surface area contributed by atoms with E-state index >= 15 is 0 Å². The van der Waals surface area contributed by atoms with E-state index in [4.69, 9.17) is 17.3 Å². The molecule has 0 fully saturated rings. The Labute approximate surface area is 86.3 Å². The number of nitrogens with zero attached hydrogens (tertiary/aromatic N) is 2. The molecule has 6 heteroatoms. The molecule has 0 aliphatic carbocycles. The molecule has 72 valence electrons. The highest BCUT2D eigenvalue weighted by atomic mass is 35.5. The van der Waals surface area contributed by atoms with Crippen LogP contribution < -0.4 is 11.1 Å². The van der Waals surface area contributed by atoms with Crippen LogP contribution in [0.4, 0.5) is 11.6 Å². The Morgan fingerprint density at radius 3 is 2.77 bits per heavy atom. The highest BCUT2D eigenvalue weighted by Crippen LogP contribution is 2.29. The van der Waals surface area contributed by atoms with Gasteiger partial charge in [0.2, 0.25) is 5.28 Å². The standard InChI is InChI=1S/C7H11ClN4S/c1-3-10-6-4(13-2)5(9)11-7(8)12-6/h3H2,1-2H3,(H3,9,10,11,12). The summed E-state index contributed by atoms with van der Waals surface area (Å²) in [4.78, 5) is 8.73. The van der Waals surface area contributed by atoms with Crippen LogP contribution in [-0.2, 0) is 0 Å². The number of aromatic nitrogens is 2. The number of hydrogen-bond acceptors (Lipinski definition) is 5. The summed E-state index contributed by atoms with van der Waals surface area (Å²) in [5.41, 5.74) is 5.67. The smallest absolute Gasteiger partial charge is 0.226 e. The molecule has 0 bridgehead atoms. The molecular weight excluding hydrogens is 208 g/mol. The zero-order valence-electron chi connectivity index (χ0n) is 7.47. The van der Waals surface area contributed by atoms with Crippen LogP contribution in [0.3, 0.4) is 0 Å². The maximum atomic E-state index is 5.67. The second-order valence-corrected chi connectivity index (χ2v) is 3.44. The molecule has 3 N–H and O–H groups in total. The minimum Gasteiger partial charge on any atom is -0.383 e. The van der Waals surface area contributed by atoms with Gasteiger partial charge >= 0.3 is 0 Å². The van der Waals surface area contributed by atoms with Crippen LogP contribution in [0.15, 0.2) is 4.90 Å². The Balaban J connectivity index is 3.13. The molecule has 0 spiro atoms. The Bertz CT molecular complexity index is 305. The van der Waals surface area contributed by atoms with Crippen LogP contribution in [0.25, 0.3) is 0 Å². The van der Waals surface area contributed by atoms with E-state index in [1.807, 2.05) is 13.2 Å². The van der Waals surface area contributed by atoms with Crippen LogP contribution >= 0.6 is 23.4 Å². The summed E-state index contributed by atoms with van der Waals surface area (Å²) in [5.74, 6) is 1.12. The molecule has 0 aliphatic rings. The predicted molar refractivity (Wildman–Crippen MR) is 57.4 cm³/mol. The Morgan fingerprint density at radius 1 is 1.54 bits per heavy atom. The molecule has 1 aromatic heterocycles. The SMILES string of the molecule is CCNc1nc(Cl)nc(N)c1SC. The van der Waals surface area contributed by atoms with Gasteiger partial charge in [0.05, 0.1) is 4.90 Å². The average molecular weight is 219 g/mol. The number of nitrogens with two attached hydrogens (primary N) is 1. The fourth-order valence-corrected chi connectivity index (χ4v) is 1.67. The van der Waals surface area contributed by atoms with Gasteiger partial charge in [0.25, 0.3) is 0 Å². The van der Waals surface area contributed by atoms with Crippen LogP contribution in [-0.4, -0.2) is 22.8 Å². The van der Waals surface area contributed by atoms with Crippen LogP contribution in [0.5, 0.6) is 0 Å². The third-order valence-electron chi connectivity index (χ3n) is 1.41. The minimum atomic E-state index is 0.172. The zero-order valence-corrected chi connectivity index (χ0v) is 9.04. The van der Waals surface area contributed by atoms with E-state index < -0.39 is 0 Å². The molecule has 0 amide bonds. The highest BCUT2D eigenvalue weighted by Gasteiger charge is 2.09. The van der Waals surface area contributed by atoms with Crippen molar-refractivity contribution in [2.75, 3.05) is 23.9 Å². The van der Waals surface area contributed by atoms with Gasteiger partial charge in [-0.1, -0.05) is 0 Å². The number of hydrogen-bond donors (Lipinski definition) is 2. The van der Waals surface area contributed by atoms with Crippen molar-refractivity contribution in [1.29, 1.82) is 0 Å². The molecule has 0 radical (unpaired) electrons. The zero-order chi connectivity index (χ0) is 9.84. The normalized spacial score (nSPS) is 10.1. The molecule has 0 aromatic carbocycles. The van der Waals surface area contributed by atoms with E-state index in [0.717, 1.165) is 11.4 Å². The lowest BCUT2D eigenvalue weighted by atomic mass is 10.5. The summed E-state index contributed by atoms with van der Waals surface area (Å²) in [6.07, 6.45) is 1.92. The van der Waals surface area contributed by atoms with Gasteiger partial charge in [-0.05, 0) is 24.8 Å². The van der Waals surface area contributed by atoms with Gasteiger partial charge in [0.1, 0.15) is 11.6 Å². The van der Waals surface area contributed by atoms with E-state index in [1.54, 1.807) is 0 Å². The number of nitrogens with one attached hydrogen (secondary N) is 1. The molecule has 1 rings (SSSR count). The number of anilines is 2. The van der Waals surface area contributed by atoms with Gasteiger partial charge in [-0.2, -0.15) is 9.97 Å². The van der Waals surface area contributed by atoms with Crippen molar-refractivity contribution < 1.29 is 0 Å². The molecular formula is C7H11ClN4S. The van der Waals surface area contributed by atoms with E-state index in [-0.39, 0.29) is 5.28 Å². The Hall–Kier alpha value is -0.680. The highest BCUT2D eigenvalue weighted by molar-refractivity contribution is 7.98. The monoisotopic (exact) mass is 218 g/mol. The lowest BCUT2D eigenvalue weighted by Gasteiger charge is -2.09. The largest absolute Gasteiger partial charge is 0.383 e. The van der Waals surface area contributed by atoms with Crippen molar-refractivity contribution >= 4 is 35.0 Å². The van der Waals surface area contributed by atoms with Crippen molar-refractivity contribution in [2.45, 2.75) is 11.8 Å². The number of halogens is 1. The topological polar surface area (TPSA) is 63.8 Å². The minimum absolute atomic E-state index is 0.172. The summed E-state index contributed by atoms with van der Waals surface area (Å²) < 4.78 is 0. The van der Waals surface area contributed by atoms with E-state index in [9.17, 15) is 0 Å². The Morgan fingerprint density at radius 2 is 2.23 bits per heavy atom. The van der Waals surface area contributed by atoms with Gasteiger partial charge in [-0.3, -0.25) is 0 Å². The number of nitrogen functional groups attached to an aromatic ring is 1. The summed E-state index contributed by atoms with van der Waals surface area (Å²) >= 11 is 7.16. The van der Waals surface area contributed by atoms with Crippen molar-refractivity contribution in [3.63, 3.8) is 0 Å². The summed E-state index contributed by atoms with van der Waals surface area (Å²) in [6, 6.07) is 0. The fourth-order valence-electron chi connectivity index (χ4n) is 0.928. The van der Waals surface area contributed by atoms with Crippen LogP contribution in [0.2, 0.25) is 5.28 Å².